The Hall–Kier alpha value is -2.51. The minimum absolute atomic E-state index is 0.568. The lowest BCUT2D eigenvalue weighted by molar-refractivity contribution is 0.324. The first-order valence-corrected chi connectivity index (χ1v) is 8.90. The van der Waals surface area contributed by atoms with Crippen molar-refractivity contribution in [3.05, 3.63) is 41.5 Å². The van der Waals surface area contributed by atoms with E-state index in [1.165, 1.54) is 12.2 Å². The molecule has 6 nitrogen and oxygen atoms in total. The Labute approximate surface area is 165 Å². The van der Waals surface area contributed by atoms with Crippen molar-refractivity contribution < 1.29 is 23.1 Å². The Morgan fingerprint density at radius 3 is 1.78 bits per heavy atom. The predicted octanol–water partition coefficient (Wildman–Crippen LogP) is 4.40. The molecule has 0 aliphatic carbocycles. The van der Waals surface area contributed by atoms with Gasteiger partial charge in [-0.2, -0.15) is 0 Å². The molecule has 0 amide bonds. The predicted molar refractivity (Wildman–Crippen MR) is 110 cm³/mol. The second-order valence-corrected chi connectivity index (χ2v) is 6.72. The van der Waals surface area contributed by atoms with E-state index in [0.29, 0.717) is 28.7 Å². The summed E-state index contributed by atoms with van der Waals surface area (Å²) in [6.07, 6.45) is 3.95. The lowest BCUT2D eigenvalue weighted by Gasteiger charge is -2.13. The van der Waals surface area contributed by atoms with E-state index in [-0.39, 0.29) is 0 Å². The number of nitrogens with zero attached hydrogens (tertiary/aromatic N) is 1. The molecule has 2 aromatic carbocycles. The van der Waals surface area contributed by atoms with Gasteiger partial charge in [0.25, 0.3) is 0 Å². The number of hydrogen-bond donors (Lipinski definition) is 0. The van der Waals surface area contributed by atoms with Gasteiger partial charge in [-0.3, -0.25) is 0 Å². The molecule has 0 saturated heterocycles. The molecule has 0 spiro atoms. The van der Waals surface area contributed by atoms with Gasteiger partial charge in [-0.25, -0.2) is 4.31 Å². The van der Waals surface area contributed by atoms with Crippen LogP contribution in [0.4, 0.5) is 0 Å². The summed E-state index contributed by atoms with van der Waals surface area (Å²) in [4.78, 5) is 0. The van der Waals surface area contributed by atoms with E-state index in [1.54, 1.807) is 28.4 Å². The van der Waals surface area contributed by atoms with Crippen LogP contribution in [0.5, 0.6) is 28.7 Å². The van der Waals surface area contributed by atoms with Crippen LogP contribution >= 0.6 is 12.2 Å². The molecule has 0 aromatic heterocycles. The number of benzene rings is 2. The maximum absolute atomic E-state index is 5.71. The van der Waals surface area contributed by atoms with Gasteiger partial charge in [0, 0.05) is 14.1 Å². The van der Waals surface area contributed by atoms with Crippen molar-refractivity contribution in [3.63, 3.8) is 0 Å². The summed E-state index contributed by atoms with van der Waals surface area (Å²) in [5.74, 6) is 3.12. The van der Waals surface area contributed by atoms with Crippen LogP contribution in [0.2, 0.25) is 0 Å². The number of methoxy groups -OCH3 is 4. The van der Waals surface area contributed by atoms with Crippen molar-refractivity contribution in [2.75, 3.05) is 42.5 Å². The standard InChI is InChI=1S/C20H25NO5S/c1-21(2)27-26-17-11-14(9-10-16(17)22-3)7-8-15-12-18(23-4)20(25-6)19(13-15)24-5/h7-13H,1-6H3/b8-7-. The molecule has 7 heteroatoms. The van der Waals surface area contributed by atoms with Gasteiger partial charge in [0.1, 0.15) is 12.2 Å². The lowest BCUT2D eigenvalue weighted by atomic mass is 10.1. The van der Waals surface area contributed by atoms with Gasteiger partial charge < -0.3 is 23.1 Å². The van der Waals surface area contributed by atoms with Crippen molar-refractivity contribution in [2.45, 2.75) is 0 Å². The molecule has 0 saturated carbocycles. The number of hydrogen-bond acceptors (Lipinski definition) is 7. The highest BCUT2D eigenvalue weighted by atomic mass is 32.2. The maximum Gasteiger partial charge on any atom is 0.203 e. The van der Waals surface area contributed by atoms with E-state index in [1.807, 2.05) is 60.9 Å². The van der Waals surface area contributed by atoms with Gasteiger partial charge in [-0.1, -0.05) is 18.2 Å². The van der Waals surface area contributed by atoms with E-state index < -0.39 is 0 Å². The molecule has 27 heavy (non-hydrogen) atoms. The van der Waals surface area contributed by atoms with Gasteiger partial charge in [-0.05, 0) is 35.4 Å². The Bertz CT molecular complexity index is 767. The average Bonchev–Trinajstić information content (AvgIpc) is 2.69. The zero-order valence-corrected chi connectivity index (χ0v) is 17.3. The molecular formula is C20H25NO5S. The Morgan fingerprint density at radius 2 is 1.26 bits per heavy atom. The zero-order valence-electron chi connectivity index (χ0n) is 16.4. The molecular weight excluding hydrogens is 366 g/mol. The fourth-order valence-electron chi connectivity index (χ4n) is 2.37. The van der Waals surface area contributed by atoms with E-state index >= 15 is 0 Å². The molecule has 0 aliphatic heterocycles. The van der Waals surface area contributed by atoms with Gasteiger partial charge >= 0.3 is 0 Å². The SMILES string of the molecule is COc1ccc(/C=C\c2cc(OC)c(OC)c(OC)c2)cc1OSN(C)C. The number of ether oxygens (including phenoxy) is 4. The summed E-state index contributed by atoms with van der Waals surface area (Å²) in [5.41, 5.74) is 1.89. The normalized spacial score (nSPS) is 10.9. The summed E-state index contributed by atoms with van der Waals surface area (Å²) in [5, 5.41) is 0. The van der Waals surface area contributed by atoms with Crippen LogP contribution in [0.15, 0.2) is 30.3 Å². The fourth-order valence-corrected chi connectivity index (χ4v) is 2.73. The van der Waals surface area contributed by atoms with Crippen LogP contribution in [-0.2, 0) is 0 Å². The number of rotatable bonds is 9. The van der Waals surface area contributed by atoms with Crippen molar-refractivity contribution in [2.24, 2.45) is 0 Å². The van der Waals surface area contributed by atoms with Crippen LogP contribution in [0.25, 0.3) is 12.2 Å². The maximum atomic E-state index is 5.71. The van der Waals surface area contributed by atoms with Crippen LogP contribution < -0.4 is 23.1 Å². The highest BCUT2D eigenvalue weighted by molar-refractivity contribution is 7.92. The molecule has 0 unspecified atom stereocenters. The van der Waals surface area contributed by atoms with Crippen molar-refractivity contribution in [1.29, 1.82) is 0 Å². The van der Waals surface area contributed by atoms with Gasteiger partial charge in [0.2, 0.25) is 5.75 Å². The molecule has 0 N–H and O–H groups in total. The third-order valence-electron chi connectivity index (χ3n) is 3.62. The fraction of sp³-hybridized carbons (Fsp3) is 0.300. The van der Waals surface area contributed by atoms with Crippen molar-refractivity contribution >= 4 is 24.4 Å². The first kappa shape index (κ1) is 20.8. The second-order valence-electron chi connectivity index (χ2n) is 5.67. The van der Waals surface area contributed by atoms with Gasteiger partial charge in [0.05, 0.1) is 28.4 Å². The minimum Gasteiger partial charge on any atom is -0.493 e. The monoisotopic (exact) mass is 391 g/mol. The summed E-state index contributed by atoms with van der Waals surface area (Å²) < 4.78 is 29.1. The van der Waals surface area contributed by atoms with Gasteiger partial charge in [0.15, 0.2) is 23.0 Å². The molecule has 0 heterocycles. The van der Waals surface area contributed by atoms with E-state index in [4.69, 9.17) is 23.1 Å². The molecule has 2 aromatic rings. The second kappa shape index (κ2) is 9.99. The zero-order chi connectivity index (χ0) is 19.8. The quantitative estimate of drug-likeness (QED) is 0.357. The van der Waals surface area contributed by atoms with E-state index in [9.17, 15) is 0 Å². The van der Waals surface area contributed by atoms with Crippen molar-refractivity contribution in [1.82, 2.24) is 4.31 Å². The smallest absolute Gasteiger partial charge is 0.203 e. The first-order chi connectivity index (χ1) is 13.0. The average molecular weight is 391 g/mol. The first-order valence-electron chi connectivity index (χ1n) is 8.20. The molecule has 0 bridgehead atoms. The summed E-state index contributed by atoms with van der Waals surface area (Å²) >= 11 is 1.23. The topological polar surface area (TPSA) is 49.4 Å². The highest BCUT2D eigenvalue weighted by Gasteiger charge is 2.12. The lowest BCUT2D eigenvalue weighted by Crippen LogP contribution is -2.02. The molecule has 146 valence electrons. The van der Waals surface area contributed by atoms with Crippen LogP contribution in [0.1, 0.15) is 11.1 Å². The van der Waals surface area contributed by atoms with Gasteiger partial charge in [-0.15, -0.1) is 0 Å². The minimum atomic E-state index is 0.568. The third-order valence-corrected chi connectivity index (χ3v) is 4.17. The molecule has 2 rings (SSSR count). The Balaban J connectivity index is 2.30. The Kier molecular flexibility index (Phi) is 7.69. The largest absolute Gasteiger partial charge is 0.493 e. The third kappa shape index (κ3) is 5.48. The summed E-state index contributed by atoms with van der Waals surface area (Å²) in [7, 11) is 10.2. The molecule has 0 aliphatic rings. The Morgan fingerprint density at radius 1 is 0.704 bits per heavy atom. The molecule has 0 radical (unpaired) electrons. The van der Waals surface area contributed by atoms with E-state index in [2.05, 4.69) is 0 Å². The van der Waals surface area contributed by atoms with Crippen LogP contribution in [-0.4, -0.2) is 46.8 Å². The molecule has 0 atom stereocenters. The highest BCUT2D eigenvalue weighted by Crippen LogP contribution is 2.39. The molecule has 0 fully saturated rings. The van der Waals surface area contributed by atoms with Crippen LogP contribution in [0, 0.1) is 0 Å². The van der Waals surface area contributed by atoms with E-state index in [0.717, 1.165) is 11.1 Å². The summed E-state index contributed by atoms with van der Waals surface area (Å²) in [6, 6.07) is 9.53. The summed E-state index contributed by atoms with van der Waals surface area (Å²) in [6.45, 7) is 0. The van der Waals surface area contributed by atoms with Crippen LogP contribution in [0.3, 0.4) is 0 Å². The van der Waals surface area contributed by atoms with Crippen molar-refractivity contribution in [3.8, 4) is 28.7 Å².